The molecule has 0 amide bonds. The summed E-state index contributed by atoms with van der Waals surface area (Å²) in [7, 11) is 0. The minimum atomic E-state index is -4.04. The van der Waals surface area contributed by atoms with Crippen LogP contribution >= 0.6 is 0 Å². The Morgan fingerprint density at radius 2 is 1.85 bits per heavy atom. The van der Waals surface area contributed by atoms with E-state index >= 15 is 0 Å². The average molecular weight is 194 g/mol. The molecule has 0 bridgehead atoms. The first-order valence-electron chi connectivity index (χ1n) is 4.20. The highest BCUT2D eigenvalue weighted by Crippen LogP contribution is 2.21. The molecule has 76 valence electrons. The van der Waals surface area contributed by atoms with Crippen LogP contribution < -0.4 is 5.32 Å². The first kappa shape index (κ1) is 12.2. The molecule has 0 fully saturated rings. The highest BCUT2D eigenvalue weighted by atomic mass is 19.4. The molecule has 0 aliphatic heterocycles. The summed E-state index contributed by atoms with van der Waals surface area (Å²) in [6.07, 6.45) is -3.69. The van der Waals surface area contributed by atoms with Crippen LogP contribution in [0.4, 0.5) is 13.2 Å². The van der Waals surface area contributed by atoms with E-state index in [4.69, 9.17) is 5.26 Å². The molecule has 0 saturated carbocycles. The molecule has 0 aromatic carbocycles. The Morgan fingerprint density at radius 1 is 1.15 bits per heavy atom. The monoisotopic (exact) mass is 194 g/mol. The second kappa shape index (κ2) is 6.72. The molecular formula is C8H13F3N2. The predicted octanol–water partition coefficient (Wildman–Crippen LogP) is 2.22. The van der Waals surface area contributed by atoms with Gasteiger partial charge in [-0.05, 0) is 19.4 Å². The SMILES string of the molecule is N#CCCNCCCCC(F)(F)F. The van der Waals surface area contributed by atoms with E-state index in [0.29, 0.717) is 25.9 Å². The third-order valence-corrected chi connectivity index (χ3v) is 1.48. The van der Waals surface area contributed by atoms with Crippen molar-refractivity contribution in [3.63, 3.8) is 0 Å². The Hall–Kier alpha value is -0.760. The third kappa shape index (κ3) is 11.2. The van der Waals surface area contributed by atoms with E-state index in [2.05, 4.69) is 5.32 Å². The number of rotatable bonds is 6. The molecule has 2 nitrogen and oxygen atoms in total. The Bertz CT molecular complexity index is 160. The third-order valence-electron chi connectivity index (χ3n) is 1.48. The summed E-state index contributed by atoms with van der Waals surface area (Å²) in [5.74, 6) is 0. The summed E-state index contributed by atoms with van der Waals surface area (Å²) in [5.41, 5.74) is 0. The lowest BCUT2D eigenvalue weighted by atomic mass is 10.2. The largest absolute Gasteiger partial charge is 0.389 e. The molecule has 0 aliphatic rings. The highest BCUT2D eigenvalue weighted by molar-refractivity contribution is 4.69. The number of hydrogen-bond acceptors (Lipinski definition) is 2. The summed E-state index contributed by atoms with van der Waals surface area (Å²) in [5, 5.41) is 11.0. The van der Waals surface area contributed by atoms with Crippen LogP contribution in [0.2, 0.25) is 0 Å². The number of nitrogens with one attached hydrogen (secondary N) is 1. The van der Waals surface area contributed by atoms with Crippen molar-refractivity contribution in [2.75, 3.05) is 13.1 Å². The van der Waals surface area contributed by atoms with Crippen molar-refractivity contribution in [1.82, 2.24) is 5.32 Å². The first-order valence-corrected chi connectivity index (χ1v) is 4.20. The number of halogens is 3. The van der Waals surface area contributed by atoms with Crippen LogP contribution in [-0.4, -0.2) is 19.3 Å². The zero-order valence-electron chi connectivity index (χ0n) is 7.32. The highest BCUT2D eigenvalue weighted by Gasteiger charge is 2.25. The van der Waals surface area contributed by atoms with E-state index in [-0.39, 0.29) is 6.42 Å². The van der Waals surface area contributed by atoms with Gasteiger partial charge in [-0.2, -0.15) is 18.4 Å². The fraction of sp³-hybridized carbons (Fsp3) is 0.875. The average Bonchev–Trinajstić information content (AvgIpc) is 2.01. The van der Waals surface area contributed by atoms with Crippen LogP contribution in [0, 0.1) is 11.3 Å². The Balaban J connectivity index is 3.05. The molecule has 0 saturated heterocycles. The molecule has 0 atom stereocenters. The van der Waals surface area contributed by atoms with Crippen molar-refractivity contribution in [3.05, 3.63) is 0 Å². The van der Waals surface area contributed by atoms with E-state index in [1.807, 2.05) is 6.07 Å². The Morgan fingerprint density at radius 3 is 2.38 bits per heavy atom. The topological polar surface area (TPSA) is 35.8 Å². The van der Waals surface area contributed by atoms with Gasteiger partial charge in [-0.1, -0.05) is 0 Å². The van der Waals surface area contributed by atoms with Crippen LogP contribution in [-0.2, 0) is 0 Å². The fourth-order valence-corrected chi connectivity index (χ4v) is 0.845. The Labute approximate surface area is 75.7 Å². The summed E-state index contributed by atoms with van der Waals surface area (Å²) < 4.78 is 34.9. The molecular weight excluding hydrogens is 181 g/mol. The minimum Gasteiger partial charge on any atom is -0.316 e. The van der Waals surface area contributed by atoms with Crippen LogP contribution in [0.3, 0.4) is 0 Å². The van der Waals surface area contributed by atoms with Crippen molar-refractivity contribution < 1.29 is 13.2 Å². The minimum absolute atomic E-state index is 0.156. The fourth-order valence-electron chi connectivity index (χ4n) is 0.845. The molecule has 0 aromatic rings. The molecule has 1 N–H and O–H groups in total. The van der Waals surface area contributed by atoms with Gasteiger partial charge in [0.05, 0.1) is 6.07 Å². The van der Waals surface area contributed by atoms with E-state index in [9.17, 15) is 13.2 Å². The number of unbranched alkanes of at least 4 members (excludes halogenated alkanes) is 1. The molecule has 0 aliphatic carbocycles. The Kier molecular flexibility index (Phi) is 6.33. The smallest absolute Gasteiger partial charge is 0.316 e. The van der Waals surface area contributed by atoms with Gasteiger partial charge in [0.25, 0.3) is 0 Å². The normalized spacial score (nSPS) is 11.2. The van der Waals surface area contributed by atoms with Gasteiger partial charge in [-0.3, -0.25) is 0 Å². The maximum absolute atomic E-state index is 11.6. The van der Waals surface area contributed by atoms with E-state index in [1.165, 1.54) is 0 Å². The summed E-state index contributed by atoms with van der Waals surface area (Å²) >= 11 is 0. The van der Waals surface area contributed by atoms with E-state index < -0.39 is 12.6 Å². The summed E-state index contributed by atoms with van der Waals surface area (Å²) in [4.78, 5) is 0. The van der Waals surface area contributed by atoms with E-state index in [1.54, 1.807) is 0 Å². The van der Waals surface area contributed by atoms with Crippen molar-refractivity contribution in [1.29, 1.82) is 5.26 Å². The molecule has 0 heterocycles. The first-order chi connectivity index (χ1) is 6.06. The van der Waals surface area contributed by atoms with Crippen LogP contribution in [0.25, 0.3) is 0 Å². The van der Waals surface area contributed by atoms with Gasteiger partial charge in [-0.25, -0.2) is 0 Å². The molecule has 0 radical (unpaired) electrons. The zero-order valence-corrected chi connectivity index (χ0v) is 7.32. The molecule has 0 unspecified atom stereocenters. The number of nitrogens with zero attached hydrogens (tertiary/aromatic N) is 1. The number of nitriles is 1. The lowest BCUT2D eigenvalue weighted by Gasteiger charge is -2.05. The van der Waals surface area contributed by atoms with Gasteiger partial charge < -0.3 is 5.32 Å². The zero-order chi connectivity index (χ0) is 10.2. The van der Waals surface area contributed by atoms with Gasteiger partial charge in [-0.15, -0.1) is 0 Å². The van der Waals surface area contributed by atoms with Crippen LogP contribution in [0.5, 0.6) is 0 Å². The van der Waals surface area contributed by atoms with Gasteiger partial charge in [0.1, 0.15) is 0 Å². The second-order valence-electron chi connectivity index (χ2n) is 2.73. The standard InChI is InChI=1S/C8H13F3N2/c9-8(10,11)4-1-2-6-13-7-3-5-12/h13H,1-4,6-7H2. The van der Waals surface area contributed by atoms with Gasteiger partial charge in [0.15, 0.2) is 0 Å². The lowest BCUT2D eigenvalue weighted by Crippen LogP contribution is -2.17. The lowest BCUT2D eigenvalue weighted by molar-refractivity contribution is -0.135. The number of hydrogen-bond donors (Lipinski definition) is 1. The van der Waals surface area contributed by atoms with Crippen molar-refractivity contribution in [2.45, 2.75) is 31.9 Å². The van der Waals surface area contributed by atoms with Crippen molar-refractivity contribution in [2.24, 2.45) is 0 Å². The quantitative estimate of drug-likeness (QED) is 0.658. The molecule has 0 rings (SSSR count). The molecule has 5 heteroatoms. The summed E-state index contributed by atoms with van der Waals surface area (Å²) in [6, 6.07) is 1.94. The second-order valence-corrected chi connectivity index (χ2v) is 2.73. The molecule has 0 spiro atoms. The number of alkyl halides is 3. The van der Waals surface area contributed by atoms with Crippen molar-refractivity contribution in [3.8, 4) is 6.07 Å². The summed E-state index contributed by atoms with van der Waals surface area (Å²) in [6.45, 7) is 1.11. The van der Waals surface area contributed by atoms with Gasteiger partial charge in [0.2, 0.25) is 0 Å². The van der Waals surface area contributed by atoms with Gasteiger partial charge >= 0.3 is 6.18 Å². The maximum atomic E-state index is 11.6. The van der Waals surface area contributed by atoms with E-state index in [0.717, 1.165) is 0 Å². The van der Waals surface area contributed by atoms with Crippen molar-refractivity contribution >= 4 is 0 Å². The predicted molar refractivity (Wildman–Crippen MR) is 43.0 cm³/mol. The van der Waals surface area contributed by atoms with Crippen LogP contribution in [0.1, 0.15) is 25.7 Å². The van der Waals surface area contributed by atoms with Gasteiger partial charge in [0, 0.05) is 19.4 Å². The molecule has 0 aromatic heterocycles. The van der Waals surface area contributed by atoms with Crippen LogP contribution in [0.15, 0.2) is 0 Å². The molecule has 13 heavy (non-hydrogen) atoms. The maximum Gasteiger partial charge on any atom is 0.389 e.